The first-order chi connectivity index (χ1) is 7.24. The fraction of sp³-hybridized carbons (Fsp3) is 0.167. The van der Waals surface area contributed by atoms with Crippen LogP contribution < -0.4 is 0 Å². The summed E-state index contributed by atoms with van der Waals surface area (Å²) in [6, 6.07) is 9.57. The number of benzene rings is 1. The smallest absolute Gasteiger partial charge is 0.134 e. The van der Waals surface area contributed by atoms with Gasteiger partial charge in [-0.1, -0.05) is 42.5 Å². The highest BCUT2D eigenvalue weighted by Crippen LogP contribution is 2.03. The molecule has 0 saturated heterocycles. The van der Waals surface area contributed by atoms with Gasteiger partial charge in [-0.25, -0.2) is 0 Å². The average Bonchev–Trinajstić information content (AvgIpc) is 2.29. The van der Waals surface area contributed by atoms with Crippen molar-refractivity contribution >= 4 is 6.08 Å². The summed E-state index contributed by atoms with van der Waals surface area (Å²) in [5, 5.41) is 26.8. The van der Waals surface area contributed by atoms with Crippen LogP contribution in [0.4, 0.5) is 0 Å². The molecule has 80 valence electrons. The second kappa shape index (κ2) is 6.01. The van der Waals surface area contributed by atoms with Gasteiger partial charge in [-0.3, -0.25) is 0 Å². The molecule has 0 aliphatic carbocycles. The maximum atomic E-state index is 9.20. The Morgan fingerprint density at radius 2 is 1.93 bits per heavy atom. The van der Waals surface area contributed by atoms with Crippen molar-refractivity contribution in [2.24, 2.45) is 0 Å². The normalized spacial score (nSPS) is 14.4. The van der Waals surface area contributed by atoms with E-state index >= 15 is 0 Å². The van der Waals surface area contributed by atoms with Crippen LogP contribution in [0.2, 0.25) is 0 Å². The Bertz CT molecular complexity index is 341. The fourth-order valence-electron chi connectivity index (χ4n) is 1.03. The summed E-state index contributed by atoms with van der Waals surface area (Å²) in [7, 11) is 0. The van der Waals surface area contributed by atoms with E-state index in [1.165, 1.54) is 6.08 Å². The molecule has 0 aliphatic heterocycles. The third-order valence-electron chi connectivity index (χ3n) is 1.87. The maximum absolute atomic E-state index is 9.20. The van der Waals surface area contributed by atoms with E-state index in [-0.39, 0.29) is 5.76 Å². The van der Waals surface area contributed by atoms with Crippen LogP contribution in [0.25, 0.3) is 6.08 Å². The van der Waals surface area contributed by atoms with Crippen molar-refractivity contribution in [1.29, 1.82) is 0 Å². The Kier molecular flexibility index (Phi) is 4.60. The van der Waals surface area contributed by atoms with Crippen LogP contribution in [-0.2, 0) is 0 Å². The molecule has 1 unspecified atom stereocenters. The second-order valence-corrected chi connectivity index (χ2v) is 3.06. The summed E-state index contributed by atoms with van der Waals surface area (Å²) in [5.74, 6) is -0.246. The van der Waals surface area contributed by atoms with Gasteiger partial charge >= 0.3 is 0 Å². The highest BCUT2D eigenvalue weighted by atomic mass is 16.3. The number of allylic oxidation sites excluding steroid dienone is 2. The van der Waals surface area contributed by atoms with E-state index < -0.39 is 12.7 Å². The minimum atomic E-state index is -1.20. The molecule has 1 aromatic carbocycles. The predicted molar refractivity (Wildman–Crippen MR) is 59.3 cm³/mol. The molecule has 1 aromatic rings. The summed E-state index contributed by atoms with van der Waals surface area (Å²) < 4.78 is 0. The van der Waals surface area contributed by atoms with Gasteiger partial charge in [0, 0.05) is 0 Å². The molecule has 3 heteroatoms. The Hall–Kier alpha value is -1.58. The van der Waals surface area contributed by atoms with E-state index in [1.807, 2.05) is 30.3 Å². The van der Waals surface area contributed by atoms with Crippen LogP contribution in [0.3, 0.4) is 0 Å². The lowest BCUT2D eigenvalue weighted by molar-refractivity contribution is 0.0872. The minimum absolute atomic E-state index is 0.246. The first-order valence-electron chi connectivity index (χ1n) is 4.65. The fourth-order valence-corrected chi connectivity index (χ4v) is 1.03. The van der Waals surface area contributed by atoms with Gasteiger partial charge in [0.15, 0.2) is 0 Å². The largest absolute Gasteiger partial charge is 0.509 e. The molecule has 0 amide bonds. The van der Waals surface area contributed by atoms with Gasteiger partial charge in [0.05, 0.1) is 6.61 Å². The Morgan fingerprint density at radius 1 is 1.27 bits per heavy atom. The van der Waals surface area contributed by atoms with E-state index in [2.05, 4.69) is 0 Å². The van der Waals surface area contributed by atoms with Gasteiger partial charge in [0.25, 0.3) is 0 Å². The molecular formula is C12H14O3. The van der Waals surface area contributed by atoms with Crippen molar-refractivity contribution in [2.75, 3.05) is 6.61 Å². The number of aliphatic hydroxyl groups excluding tert-OH is 3. The monoisotopic (exact) mass is 206 g/mol. The molecule has 0 spiro atoms. The maximum Gasteiger partial charge on any atom is 0.134 e. The zero-order valence-electron chi connectivity index (χ0n) is 8.24. The molecule has 0 bridgehead atoms. The molecule has 3 nitrogen and oxygen atoms in total. The minimum Gasteiger partial charge on any atom is -0.509 e. The first kappa shape index (κ1) is 11.5. The van der Waals surface area contributed by atoms with Crippen LogP contribution in [0.5, 0.6) is 0 Å². The molecule has 0 aliphatic rings. The number of aliphatic hydroxyl groups is 3. The van der Waals surface area contributed by atoms with Crippen molar-refractivity contribution in [1.82, 2.24) is 0 Å². The van der Waals surface area contributed by atoms with Crippen LogP contribution >= 0.6 is 0 Å². The van der Waals surface area contributed by atoms with Crippen molar-refractivity contribution in [2.45, 2.75) is 6.10 Å². The SMILES string of the molecule is OCC(O)/C(O)=C/C=C/c1ccccc1. The number of rotatable bonds is 4. The molecule has 1 rings (SSSR count). The van der Waals surface area contributed by atoms with E-state index in [0.717, 1.165) is 5.56 Å². The molecule has 0 heterocycles. The van der Waals surface area contributed by atoms with Gasteiger partial charge in [0.1, 0.15) is 11.9 Å². The van der Waals surface area contributed by atoms with Gasteiger partial charge in [-0.05, 0) is 11.6 Å². The van der Waals surface area contributed by atoms with Crippen molar-refractivity contribution in [3.8, 4) is 0 Å². The second-order valence-electron chi connectivity index (χ2n) is 3.06. The quantitative estimate of drug-likeness (QED) is 0.516. The summed E-state index contributed by atoms with van der Waals surface area (Å²) in [4.78, 5) is 0. The third kappa shape index (κ3) is 3.97. The molecule has 15 heavy (non-hydrogen) atoms. The van der Waals surface area contributed by atoms with Gasteiger partial charge in [-0.2, -0.15) is 0 Å². The topological polar surface area (TPSA) is 60.7 Å². The van der Waals surface area contributed by atoms with Gasteiger partial charge < -0.3 is 15.3 Å². The lowest BCUT2D eigenvalue weighted by Gasteiger charge is -2.03. The van der Waals surface area contributed by atoms with E-state index in [0.29, 0.717) is 0 Å². The predicted octanol–water partition coefficient (Wildman–Crippen LogP) is 1.49. The van der Waals surface area contributed by atoms with Crippen LogP contribution in [0.1, 0.15) is 5.56 Å². The molecule has 3 N–H and O–H groups in total. The van der Waals surface area contributed by atoms with Crippen LogP contribution in [-0.4, -0.2) is 28.0 Å². The standard InChI is InChI=1S/C12H14O3/c13-9-12(15)11(14)8-4-7-10-5-2-1-3-6-10/h1-8,12-15H,9H2/b7-4+,11-8-. The Morgan fingerprint density at radius 3 is 2.53 bits per heavy atom. The molecule has 1 atom stereocenters. The number of hydrogen-bond donors (Lipinski definition) is 3. The zero-order valence-corrected chi connectivity index (χ0v) is 8.24. The Labute approximate surface area is 88.6 Å². The van der Waals surface area contributed by atoms with Gasteiger partial charge in [-0.15, -0.1) is 0 Å². The Balaban J connectivity index is 2.60. The van der Waals surface area contributed by atoms with E-state index in [9.17, 15) is 5.11 Å². The van der Waals surface area contributed by atoms with Crippen molar-refractivity contribution < 1.29 is 15.3 Å². The highest BCUT2D eigenvalue weighted by Gasteiger charge is 2.04. The van der Waals surface area contributed by atoms with E-state index in [4.69, 9.17) is 10.2 Å². The molecule has 0 saturated carbocycles. The van der Waals surface area contributed by atoms with Crippen LogP contribution in [0, 0.1) is 0 Å². The first-order valence-corrected chi connectivity index (χ1v) is 4.65. The van der Waals surface area contributed by atoms with Crippen LogP contribution in [0.15, 0.2) is 48.2 Å². The van der Waals surface area contributed by atoms with Crippen molar-refractivity contribution in [3.05, 3.63) is 53.8 Å². The lowest BCUT2D eigenvalue weighted by atomic mass is 10.2. The summed E-state index contributed by atoms with van der Waals surface area (Å²) in [6.45, 7) is -0.485. The molecular weight excluding hydrogens is 192 g/mol. The number of hydrogen-bond acceptors (Lipinski definition) is 3. The van der Waals surface area contributed by atoms with Gasteiger partial charge in [0.2, 0.25) is 0 Å². The van der Waals surface area contributed by atoms with Crippen molar-refractivity contribution in [3.63, 3.8) is 0 Å². The summed E-state index contributed by atoms with van der Waals surface area (Å²) >= 11 is 0. The average molecular weight is 206 g/mol. The highest BCUT2D eigenvalue weighted by molar-refractivity contribution is 5.50. The molecule has 0 radical (unpaired) electrons. The summed E-state index contributed by atoms with van der Waals surface area (Å²) in [6.07, 6.45) is 3.56. The third-order valence-corrected chi connectivity index (χ3v) is 1.87. The molecule has 0 aromatic heterocycles. The lowest BCUT2D eigenvalue weighted by Crippen LogP contribution is -2.14. The summed E-state index contributed by atoms with van der Waals surface area (Å²) in [5.41, 5.74) is 1.00. The molecule has 0 fully saturated rings. The zero-order chi connectivity index (χ0) is 11.1. The van der Waals surface area contributed by atoms with E-state index in [1.54, 1.807) is 12.2 Å².